The van der Waals surface area contributed by atoms with E-state index in [1.165, 1.54) is 0 Å². The number of nitrogens with zero attached hydrogens (tertiary/aromatic N) is 6. The lowest BCUT2D eigenvalue weighted by Crippen LogP contribution is -2.05. The highest BCUT2D eigenvalue weighted by molar-refractivity contribution is 5.49. The molecule has 0 fully saturated rings. The summed E-state index contributed by atoms with van der Waals surface area (Å²) >= 11 is 0. The van der Waals surface area contributed by atoms with Crippen molar-refractivity contribution in [2.75, 3.05) is 0 Å². The van der Waals surface area contributed by atoms with Crippen molar-refractivity contribution in [3.8, 4) is 11.5 Å². The van der Waals surface area contributed by atoms with Crippen molar-refractivity contribution in [1.29, 1.82) is 0 Å². The SMILES string of the molecule is CCc1c(Cn2ccnc2-c2ccccn2)nc2cccnn12. The number of rotatable bonds is 4. The molecule has 0 aliphatic carbocycles. The molecule has 114 valence electrons. The Kier molecular flexibility index (Phi) is 3.34. The Balaban J connectivity index is 1.76. The first-order valence-corrected chi connectivity index (χ1v) is 7.61. The molecule has 23 heavy (non-hydrogen) atoms. The van der Waals surface area contributed by atoms with Gasteiger partial charge < -0.3 is 4.57 Å². The number of aryl methyl sites for hydroxylation is 1. The highest BCUT2D eigenvalue weighted by Crippen LogP contribution is 2.18. The van der Waals surface area contributed by atoms with Gasteiger partial charge in [-0.2, -0.15) is 5.10 Å². The third kappa shape index (κ3) is 2.38. The lowest BCUT2D eigenvalue weighted by molar-refractivity contribution is 0.761. The third-order valence-corrected chi connectivity index (χ3v) is 3.83. The van der Waals surface area contributed by atoms with Crippen molar-refractivity contribution in [3.63, 3.8) is 0 Å². The Morgan fingerprint density at radius 3 is 2.78 bits per heavy atom. The van der Waals surface area contributed by atoms with Crippen LogP contribution in [0.15, 0.2) is 55.1 Å². The molecule has 0 bridgehead atoms. The first-order valence-electron chi connectivity index (χ1n) is 7.61. The van der Waals surface area contributed by atoms with Gasteiger partial charge in [0.25, 0.3) is 0 Å². The number of hydrogen-bond acceptors (Lipinski definition) is 4. The second-order valence-electron chi connectivity index (χ2n) is 5.25. The van der Waals surface area contributed by atoms with Crippen LogP contribution in [0.4, 0.5) is 0 Å². The monoisotopic (exact) mass is 304 g/mol. The Morgan fingerprint density at radius 1 is 1.00 bits per heavy atom. The summed E-state index contributed by atoms with van der Waals surface area (Å²) < 4.78 is 3.98. The van der Waals surface area contributed by atoms with Gasteiger partial charge in [0.05, 0.1) is 17.9 Å². The zero-order valence-corrected chi connectivity index (χ0v) is 12.8. The third-order valence-electron chi connectivity index (χ3n) is 3.83. The van der Waals surface area contributed by atoms with Gasteiger partial charge in [-0.05, 0) is 30.7 Å². The van der Waals surface area contributed by atoms with E-state index in [4.69, 9.17) is 4.98 Å². The highest BCUT2D eigenvalue weighted by atomic mass is 15.3. The predicted octanol–water partition coefficient (Wildman–Crippen LogP) is 2.60. The molecule has 0 N–H and O–H groups in total. The van der Waals surface area contributed by atoms with E-state index in [0.717, 1.165) is 35.0 Å². The first kappa shape index (κ1) is 13.6. The summed E-state index contributed by atoms with van der Waals surface area (Å²) in [6.45, 7) is 2.77. The molecular formula is C17H16N6. The fraction of sp³-hybridized carbons (Fsp3) is 0.176. The molecule has 4 heterocycles. The summed E-state index contributed by atoms with van der Waals surface area (Å²) in [5, 5.41) is 4.40. The Hall–Kier alpha value is -3.02. The summed E-state index contributed by atoms with van der Waals surface area (Å²) in [5.74, 6) is 0.845. The van der Waals surface area contributed by atoms with Crippen LogP contribution in [0.1, 0.15) is 18.3 Å². The lowest BCUT2D eigenvalue weighted by atomic mass is 10.2. The summed E-state index contributed by atoms with van der Waals surface area (Å²) in [5.41, 5.74) is 3.87. The van der Waals surface area contributed by atoms with Crippen LogP contribution in [-0.2, 0) is 13.0 Å². The minimum Gasteiger partial charge on any atom is -0.324 e. The van der Waals surface area contributed by atoms with Gasteiger partial charge in [0, 0.05) is 24.8 Å². The molecule has 4 aromatic heterocycles. The average Bonchev–Trinajstić information content (AvgIpc) is 3.19. The normalized spacial score (nSPS) is 11.2. The van der Waals surface area contributed by atoms with Crippen LogP contribution in [0.5, 0.6) is 0 Å². The van der Waals surface area contributed by atoms with Gasteiger partial charge in [-0.3, -0.25) is 4.98 Å². The van der Waals surface area contributed by atoms with E-state index < -0.39 is 0 Å². The summed E-state index contributed by atoms with van der Waals surface area (Å²) in [4.78, 5) is 13.6. The topological polar surface area (TPSA) is 60.9 Å². The largest absolute Gasteiger partial charge is 0.324 e. The van der Waals surface area contributed by atoms with E-state index in [1.54, 1.807) is 18.6 Å². The van der Waals surface area contributed by atoms with E-state index in [9.17, 15) is 0 Å². The number of imidazole rings is 2. The first-order chi connectivity index (χ1) is 11.4. The molecule has 6 heteroatoms. The van der Waals surface area contributed by atoms with Crippen molar-refractivity contribution in [2.45, 2.75) is 19.9 Å². The summed E-state index contributed by atoms with van der Waals surface area (Å²) in [7, 11) is 0. The van der Waals surface area contributed by atoms with Crippen LogP contribution in [0.2, 0.25) is 0 Å². The van der Waals surface area contributed by atoms with Crippen LogP contribution >= 0.6 is 0 Å². The molecule has 0 aliphatic heterocycles. The van der Waals surface area contributed by atoms with Crippen LogP contribution in [-0.4, -0.2) is 29.1 Å². The Labute approximate surface area is 133 Å². The zero-order chi connectivity index (χ0) is 15.6. The van der Waals surface area contributed by atoms with Crippen LogP contribution < -0.4 is 0 Å². The van der Waals surface area contributed by atoms with Crippen LogP contribution in [0, 0.1) is 0 Å². The van der Waals surface area contributed by atoms with E-state index in [0.29, 0.717) is 6.54 Å². The van der Waals surface area contributed by atoms with E-state index >= 15 is 0 Å². The standard InChI is InChI=1S/C17H16N6/c1-2-15-14(21-16-7-5-9-20-23(15)16)12-22-11-10-19-17(22)13-6-3-4-8-18-13/h3-11H,2,12H2,1H3. The molecule has 0 aliphatic rings. The molecule has 4 aromatic rings. The average molecular weight is 304 g/mol. The van der Waals surface area contributed by atoms with Crippen LogP contribution in [0.3, 0.4) is 0 Å². The number of hydrogen-bond donors (Lipinski definition) is 0. The van der Waals surface area contributed by atoms with E-state index in [1.807, 2.05) is 41.0 Å². The molecule has 0 saturated carbocycles. The maximum atomic E-state index is 4.72. The van der Waals surface area contributed by atoms with Crippen molar-refractivity contribution >= 4 is 5.65 Å². The number of aromatic nitrogens is 6. The Morgan fingerprint density at radius 2 is 1.96 bits per heavy atom. The Bertz CT molecular complexity index is 938. The van der Waals surface area contributed by atoms with Gasteiger partial charge >= 0.3 is 0 Å². The smallest absolute Gasteiger partial charge is 0.158 e. The molecule has 0 spiro atoms. The molecule has 6 nitrogen and oxygen atoms in total. The van der Waals surface area contributed by atoms with E-state index in [2.05, 4.69) is 26.6 Å². The maximum Gasteiger partial charge on any atom is 0.158 e. The number of pyridine rings is 1. The fourth-order valence-corrected chi connectivity index (χ4v) is 2.79. The maximum absolute atomic E-state index is 4.72. The minimum atomic E-state index is 0.651. The molecule has 0 aromatic carbocycles. The van der Waals surface area contributed by atoms with Gasteiger partial charge in [-0.1, -0.05) is 13.0 Å². The molecule has 0 unspecified atom stereocenters. The molecule has 0 saturated heterocycles. The highest BCUT2D eigenvalue weighted by Gasteiger charge is 2.14. The fourth-order valence-electron chi connectivity index (χ4n) is 2.79. The second-order valence-corrected chi connectivity index (χ2v) is 5.25. The van der Waals surface area contributed by atoms with Gasteiger partial charge in [-0.25, -0.2) is 14.5 Å². The van der Waals surface area contributed by atoms with Gasteiger partial charge in [-0.15, -0.1) is 0 Å². The molecule has 0 radical (unpaired) electrons. The number of fused-ring (bicyclic) bond motifs is 1. The summed E-state index contributed by atoms with van der Waals surface area (Å²) in [6.07, 6.45) is 8.19. The van der Waals surface area contributed by atoms with Crippen molar-refractivity contribution < 1.29 is 0 Å². The van der Waals surface area contributed by atoms with Crippen molar-refractivity contribution in [3.05, 3.63) is 66.5 Å². The van der Waals surface area contributed by atoms with Gasteiger partial charge in [0.15, 0.2) is 11.5 Å². The lowest BCUT2D eigenvalue weighted by Gasteiger charge is -2.07. The minimum absolute atomic E-state index is 0.651. The second kappa shape index (κ2) is 5.64. The molecule has 0 atom stereocenters. The molecule has 4 rings (SSSR count). The van der Waals surface area contributed by atoms with Crippen molar-refractivity contribution in [2.24, 2.45) is 0 Å². The van der Waals surface area contributed by atoms with E-state index in [-0.39, 0.29) is 0 Å². The summed E-state index contributed by atoms with van der Waals surface area (Å²) in [6, 6.07) is 9.71. The van der Waals surface area contributed by atoms with Crippen LogP contribution in [0.25, 0.3) is 17.2 Å². The molecule has 0 amide bonds. The van der Waals surface area contributed by atoms with Crippen molar-refractivity contribution in [1.82, 2.24) is 29.1 Å². The quantitative estimate of drug-likeness (QED) is 0.581. The molecular weight excluding hydrogens is 288 g/mol. The van der Waals surface area contributed by atoms with Gasteiger partial charge in [0.1, 0.15) is 5.69 Å². The predicted molar refractivity (Wildman–Crippen MR) is 86.9 cm³/mol. The zero-order valence-electron chi connectivity index (χ0n) is 12.8. The van der Waals surface area contributed by atoms with Gasteiger partial charge in [0.2, 0.25) is 0 Å².